The van der Waals surface area contributed by atoms with Crippen molar-refractivity contribution < 1.29 is 9.53 Å². The number of aromatic amines is 1. The van der Waals surface area contributed by atoms with Gasteiger partial charge in [0, 0.05) is 31.1 Å². The molecule has 1 atom stereocenters. The van der Waals surface area contributed by atoms with Crippen molar-refractivity contribution in [1.82, 2.24) is 20.4 Å². The number of nitrogens with one attached hydrogen (secondary N) is 2. The molecule has 1 saturated heterocycles. The fourth-order valence-electron chi connectivity index (χ4n) is 2.68. The van der Waals surface area contributed by atoms with Crippen molar-refractivity contribution in [3.05, 3.63) is 30.0 Å². The number of carbonyl (C=O) groups is 1. The number of aromatic nitrogens is 2. The largest absolute Gasteiger partial charge is 0.379 e. The van der Waals surface area contributed by atoms with E-state index >= 15 is 0 Å². The third-order valence-electron chi connectivity index (χ3n) is 3.73. The minimum Gasteiger partial charge on any atom is -0.379 e. The van der Waals surface area contributed by atoms with E-state index in [1.54, 1.807) is 6.20 Å². The summed E-state index contributed by atoms with van der Waals surface area (Å²) in [5.41, 5.74) is 1.42. The summed E-state index contributed by atoms with van der Waals surface area (Å²) < 4.78 is 5.33. The van der Waals surface area contributed by atoms with E-state index in [-0.39, 0.29) is 11.9 Å². The Balaban J connectivity index is 1.64. The lowest BCUT2D eigenvalue weighted by molar-refractivity contribution is 0.0342. The summed E-state index contributed by atoms with van der Waals surface area (Å²) in [6.45, 7) is 6.27. The number of amides is 1. The number of rotatable bonds is 4. The third kappa shape index (κ3) is 3.22. The molecule has 6 nitrogen and oxygen atoms in total. The van der Waals surface area contributed by atoms with E-state index in [1.165, 1.54) is 0 Å². The maximum Gasteiger partial charge on any atom is 0.253 e. The molecule has 112 valence electrons. The number of fused-ring (bicyclic) bond motifs is 1. The Labute approximate surface area is 123 Å². The van der Waals surface area contributed by atoms with E-state index in [0.29, 0.717) is 5.56 Å². The Morgan fingerprint density at radius 1 is 1.48 bits per heavy atom. The number of H-pyrrole nitrogens is 1. The van der Waals surface area contributed by atoms with Crippen LogP contribution in [0.3, 0.4) is 0 Å². The number of benzene rings is 1. The zero-order valence-corrected chi connectivity index (χ0v) is 12.1. The highest BCUT2D eigenvalue weighted by Gasteiger charge is 2.17. The first-order chi connectivity index (χ1) is 10.2. The van der Waals surface area contributed by atoms with E-state index in [1.807, 2.05) is 25.1 Å². The molecule has 0 spiro atoms. The molecule has 0 aliphatic carbocycles. The standard InChI is InChI=1S/C15H20N4O2/c1-11(10-19-5-7-21-8-6-19)17-15(20)13-4-2-3-12-9-16-18-14(12)13/h2-4,9,11H,5-8,10H2,1H3,(H,16,18)(H,17,20). The van der Waals surface area contributed by atoms with Crippen LogP contribution < -0.4 is 5.32 Å². The third-order valence-corrected chi connectivity index (χ3v) is 3.73. The van der Waals surface area contributed by atoms with Crippen molar-refractivity contribution in [3.63, 3.8) is 0 Å². The smallest absolute Gasteiger partial charge is 0.253 e. The molecule has 0 radical (unpaired) electrons. The number of hydrogen-bond acceptors (Lipinski definition) is 4. The van der Waals surface area contributed by atoms with Gasteiger partial charge in [0.25, 0.3) is 5.91 Å². The van der Waals surface area contributed by atoms with Gasteiger partial charge >= 0.3 is 0 Å². The van der Waals surface area contributed by atoms with E-state index < -0.39 is 0 Å². The van der Waals surface area contributed by atoms with Crippen LogP contribution in [-0.4, -0.2) is 59.9 Å². The molecule has 2 heterocycles. The van der Waals surface area contributed by atoms with E-state index in [4.69, 9.17) is 4.74 Å². The van der Waals surface area contributed by atoms with Gasteiger partial charge in [-0.05, 0) is 13.0 Å². The Morgan fingerprint density at radius 2 is 2.29 bits per heavy atom. The second kappa shape index (κ2) is 6.24. The summed E-state index contributed by atoms with van der Waals surface area (Å²) in [4.78, 5) is 14.7. The lowest BCUT2D eigenvalue weighted by Gasteiger charge is -2.29. The molecular formula is C15H20N4O2. The normalized spacial score (nSPS) is 17.8. The van der Waals surface area contributed by atoms with Crippen LogP contribution in [0.4, 0.5) is 0 Å². The number of nitrogens with zero attached hydrogens (tertiary/aromatic N) is 2. The van der Waals surface area contributed by atoms with Gasteiger partial charge in [0.2, 0.25) is 0 Å². The van der Waals surface area contributed by atoms with Crippen LogP contribution in [0.2, 0.25) is 0 Å². The molecule has 1 unspecified atom stereocenters. The zero-order chi connectivity index (χ0) is 14.7. The molecule has 0 bridgehead atoms. The van der Waals surface area contributed by atoms with Gasteiger partial charge in [-0.25, -0.2) is 0 Å². The molecule has 2 aromatic rings. The predicted octanol–water partition coefficient (Wildman–Crippen LogP) is 1.01. The fraction of sp³-hybridized carbons (Fsp3) is 0.467. The molecule has 0 saturated carbocycles. The fourth-order valence-corrected chi connectivity index (χ4v) is 2.68. The second-order valence-electron chi connectivity index (χ2n) is 5.43. The van der Waals surface area contributed by atoms with Gasteiger partial charge in [-0.1, -0.05) is 12.1 Å². The Morgan fingerprint density at radius 3 is 3.10 bits per heavy atom. The number of ether oxygens (including phenoxy) is 1. The van der Waals surface area contributed by atoms with Crippen LogP contribution in [0.25, 0.3) is 10.9 Å². The summed E-state index contributed by atoms with van der Waals surface area (Å²) in [7, 11) is 0. The second-order valence-corrected chi connectivity index (χ2v) is 5.43. The average molecular weight is 288 g/mol. The average Bonchev–Trinajstić information content (AvgIpc) is 2.96. The van der Waals surface area contributed by atoms with E-state index in [0.717, 1.165) is 43.8 Å². The van der Waals surface area contributed by atoms with Gasteiger partial charge < -0.3 is 10.1 Å². The Hall–Kier alpha value is -1.92. The maximum atomic E-state index is 12.4. The summed E-state index contributed by atoms with van der Waals surface area (Å²) in [5, 5.41) is 10.9. The first-order valence-corrected chi connectivity index (χ1v) is 7.27. The molecule has 3 rings (SSSR count). The van der Waals surface area contributed by atoms with E-state index in [9.17, 15) is 4.79 Å². The SMILES string of the molecule is CC(CN1CCOCC1)NC(=O)c1cccc2cn[nH]c12. The van der Waals surface area contributed by atoms with Crippen LogP contribution in [0.5, 0.6) is 0 Å². The summed E-state index contributed by atoms with van der Waals surface area (Å²) in [5.74, 6) is -0.0643. The van der Waals surface area contributed by atoms with Crippen LogP contribution in [0.1, 0.15) is 17.3 Å². The van der Waals surface area contributed by atoms with Crippen molar-refractivity contribution in [2.24, 2.45) is 0 Å². The van der Waals surface area contributed by atoms with Crippen molar-refractivity contribution >= 4 is 16.8 Å². The number of hydrogen-bond donors (Lipinski definition) is 2. The summed E-state index contributed by atoms with van der Waals surface area (Å²) >= 11 is 0. The van der Waals surface area contributed by atoms with Gasteiger partial charge in [-0.15, -0.1) is 0 Å². The van der Waals surface area contributed by atoms with Crippen molar-refractivity contribution in [1.29, 1.82) is 0 Å². The quantitative estimate of drug-likeness (QED) is 0.881. The number of carbonyl (C=O) groups excluding carboxylic acids is 1. The zero-order valence-electron chi connectivity index (χ0n) is 12.1. The van der Waals surface area contributed by atoms with Crippen molar-refractivity contribution in [2.45, 2.75) is 13.0 Å². The van der Waals surface area contributed by atoms with Gasteiger partial charge in [0.05, 0.1) is 30.5 Å². The molecule has 1 aliphatic rings. The molecule has 1 fully saturated rings. The minimum atomic E-state index is -0.0643. The van der Waals surface area contributed by atoms with Gasteiger partial charge in [-0.2, -0.15) is 5.10 Å². The first-order valence-electron chi connectivity index (χ1n) is 7.27. The Kier molecular flexibility index (Phi) is 4.17. The van der Waals surface area contributed by atoms with Crippen LogP contribution in [-0.2, 0) is 4.74 Å². The lowest BCUT2D eigenvalue weighted by atomic mass is 10.1. The van der Waals surface area contributed by atoms with Crippen molar-refractivity contribution in [3.8, 4) is 0 Å². The highest BCUT2D eigenvalue weighted by molar-refractivity contribution is 6.05. The molecule has 1 aliphatic heterocycles. The number of morpholine rings is 1. The summed E-state index contributed by atoms with van der Waals surface area (Å²) in [6.07, 6.45) is 1.73. The first kappa shape index (κ1) is 14.0. The molecule has 1 aromatic heterocycles. The Bertz CT molecular complexity index is 619. The molecule has 1 aromatic carbocycles. The molecule has 21 heavy (non-hydrogen) atoms. The van der Waals surface area contributed by atoms with Gasteiger partial charge in [0.1, 0.15) is 0 Å². The molecule has 6 heteroatoms. The monoisotopic (exact) mass is 288 g/mol. The predicted molar refractivity (Wildman–Crippen MR) is 80.3 cm³/mol. The summed E-state index contributed by atoms with van der Waals surface area (Å²) in [6, 6.07) is 5.72. The van der Waals surface area contributed by atoms with Crippen LogP contribution >= 0.6 is 0 Å². The van der Waals surface area contributed by atoms with Crippen LogP contribution in [0.15, 0.2) is 24.4 Å². The van der Waals surface area contributed by atoms with Crippen LogP contribution in [0, 0.1) is 0 Å². The topological polar surface area (TPSA) is 70.2 Å². The molecule has 2 N–H and O–H groups in total. The van der Waals surface area contributed by atoms with E-state index in [2.05, 4.69) is 20.4 Å². The molecular weight excluding hydrogens is 268 g/mol. The lowest BCUT2D eigenvalue weighted by Crippen LogP contribution is -2.46. The van der Waals surface area contributed by atoms with Crippen molar-refractivity contribution in [2.75, 3.05) is 32.8 Å². The van der Waals surface area contributed by atoms with Gasteiger partial charge in [0.15, 0.2) is 0 Å². The molecule has 1 amide bonds. The minimum absolute atomic E-state index is 0.0643. The highest BCUT2D eigenvalue weighted by atomic mass is 16.5. The maximum absolute atomic E-state index is 12.4. The number of para-hydroxylation sites is 1. The van der Waals surface area contributed by atoms with Gasteiger partial charge in [-0.3, -0.25) is 14.8 Å². The highest BCUT2D eigenvalue weighted by Crippen LogP contribution is 2.15.